The maximum absolute atomic E-state index is 13.1. The number of halogens is 1. The van der Waals surface area contributed by atoms with Gasteiger partial charge in [0.25, 0.3) is 0 Å². The van der Waals surface area contributed by atoms with Gasteiger partial charge in [0.15, 0.2) is 5.78 Å². The number of nitrogens with zero attached hydrogens (tertiary/aromatic N) is 2. The summed E-state index contributed by atoms with van der Waals surface area (Å²) in [5, 5.41) is 0.664. The van der Waals surface area contributed by atoms with E-state index in [1.165, 1.54) is 0 Å². The number of rotatable bonds is 3. The van der Waals surface area contributed by atoms with E-state index >= 15 is 0 Å². The van der Waals surface area contributed by atoms with Crippen molar-refractivity contribution in [3.05, 3.63) is 70.2 Å². The van der Waals surface area contributed by atoms with E-state index in [1.54, 1.807) is 15.9 Å². The van der Waals surface area contributed by atoms with Crippen LogP contribution in [0.25, 0.3) is 0 Å². The summed E-state index contributed by atoms with van der Waals surface area (Å²) < 4.78 is 0. The number of carbonyl (C=O) groups is 3. The highest BCUT2D eigenvalue weighted by molar-refractivity contribution is 6.30. The molecule has 1 aliphatic heterocycles. The number of Topliss-reactive ketones (excluding diaryl/α,β-unsaturated/α-hetero) is 1. The molecule has 0 bridgehead atoms. The third-order valence-corrected chi connectivity index (χ3v) is 5.76. The van der Waals surface area contributed by atoms with Crippen LogP contribution in [0.2, 0.25) is 5.02 Å². The number of ketones is 1. The van der Waals surface area contributed by atoms with Crippen LogP contribution in [0.3, 0.4) is 0 Å². The van der Waals surface area contributed by atoms with Crippen LogP contribution in [-0.4, -0.2) is 47.0 Å². The van der Waals surface area contributed by atoms with Gasteiger partial charge in [-0.1, -0.05) is 48.0 Å². The lowest BCUT2D eigenvalue weighted by molar-refractivity contribution is -0.146. The second-order valence-electron chi connectivity index (χ2n) is 7.30. The van der Waals surface area contributed by atoms with Gasteiger partial charge in [-0.3, -0.25) is 14.4 Å². The van der Waals surface area contributed by atoms with Crippen molar-refractivity contribution in [2.45, 2.75) is 25.3 Å². The molecule has 6 heteroatoms. The number of hydrogen-bond acceptors (Lipinski definition) is 3. The molecule has 0 aromatic heterocycles. The van der Waals surface area contributed by atoms with Crippen LogP contribution in [0.4, 0.5) is 0 Å². The zero-order valence-electron chi connectivity index (χ0n) is 15.4. The third kappa shape index (κ3) is 3.67. The van der Waals surface area contributed by atoms with Gasteiger partial charge in [0.05, 0.1) is 12.5 Å². The molecule has 2 amide bonds. The average Bonchev–Trinajstić information content (AvgIpc) is 2.71. The predicted molar refractivity (Wildman–Crippen MR) is 106 cm³/mol. The third-order valence-electron chi connectivity index (χ3n) is 5.51. The topological polar surface area (TPSA) is 57.7 Å². The molecule has 1 aliphatic carbocycles. The van der Waals surface area contributed by atoms with E-state index in [4.69, 9.17) is 11.6 Å². The maximum Gasteiger partial charge on any atom is 0.242 e. The molecule has 1 heterocycles. The van der Waals surface area contributed by atoms with Crippen molar-refractivity contribution in [1.82, 2.24) is 9.80 Å². The maximum atomic E-state index is 13.1. The van der Waals surface area contributed by atoms with E-state index in [0.29, 0.717) is 43.1 Å². The van der Waals surface area contributed by atoms with Crippen molar-refractivity contribution >= 4 is 29.2 Å². The molecule has 2 aromatic rings. The largest absolute Gasteiger partial charge is 0.335 e. The van der Waals surface area contributed by atoms with Crippen molar-refractivity contribution in [3.8, 4) is 0 Å². The second kappa shape index (κ2) is 7.76. The van der Waals surface area contributed by atoms with Crippen LogP contribution in [0, 0.1) is 0 Å². The lowest BCUT2D eigenvalue weighted by Gasteiger charge is -2.37. The number of piperazine rings is 1. The monoisotopic (exact) mass is 396 g/mol. The molecular weight excluding hydrogens is 376 g/mol. The van der Waals surface area contributed by atoms with Gasteiger partial charge in [0.1, 0.15) is 0 Å². The molecule has 0 saturated carbocycles. The Labute approximate surface area is 168 Å². The number of benzene rings is 2. The Morgan fingerprint density at radius 3 is 2.54 bits per heavy atom. The fourth-order valence-corrected chi connectivity index (χ4v) is 4.10. The van der Waals surface area contributed by atoms with Crippen molar-refractivity contribution in [2.24, 2.45) is 0 Å². The Hall–Kier alpha value is -2.66. The molecule has 28 heavy (non-hydrogen) atoms. The molecule has 5 nitrogen and oxygen atoms in total. The minimum atomic E-state index is -0.343. The fourth-order valence-electron chi connectivity index (χ4n) is 3.97. The molecular formula is C22H21ClN2O3. The van der Waals surface area contributed by atoms with Crippen LogP contribution < -0.4 is 0 Å². The average molecular weight is 397 g/mol. The zero-order valence-corrected chi connectivity index (χ0v) is 16.2. The minimum Gasteiger partial charge on any atom is -0.335 e. The molecule has 0 radical (unpaired) electrons. The fraction of sp³-hybridized carbons (Fsp3) is 0.318. The van der Waals surface area contributed by atoms with Gasteiger partial charge in [-0.25, -0.2) is 0 Å². The SMILES string of the molecule is O=C1CCC(C(=O)N2CCN(Cc3ccc(Cl)cc3)C(=O)C2)c2ccccc21. The summed E-state index contributed by atoms with van der Waals surface area (Å²) in [4.78, 5) is 41.2. The Morgan fingerprint density at radius 1 is 1.04 bits per heavy atom. The summed E-state index contributed by atoms with van der Waals surface area (Å²) >= 11 is 5.91. The van der Waals surface area contributed by atoms with E-state index in [-0.39, 0.29) is 30.1 Å². The summed E-state index contributed by atoms with van der Waals surface area (Å²) in [5.74, 6) is -0.373. The number of fused-ring (bicyclic) bond motifs is 1. The first-order valence-corrected chi connectivity index (χ1v) is 9.84. The minimum absolute atomic E-state index is 0.0561. The van der Waals surface area contributed by atoms with E-state index < -0.39 is 0 Å². The van der Waals surface area contributed by atoms with Gasteiger partial charge in [-0.2, -0.15) is 0 Å². The highest BCUT2D eigenvalue weighted by atomic mass is 35.5. The van der Waals surface area contributed by atoms with E-state index in [1.807, 2.05) is 42.5 Å². The van der Waals surface area contributed by atoms with Gasteiger partial charge in [0.2, 0.25) is 11.8 Å². The Balaban J connectivity index is 1.44. The molecule has 2 aliphatic rings. The van der Waals surface area contributed by atoms with Crippen LogP contribution in [-0.2, 0) is 16.1 Å². The van der Waals surface area contributed by atoms with Crippen molar-refractivity contribution in [2.75, 3.05) is 19.6 Å². The first-order chi connectivity index (χ1) is 13.5. The summed E-state index contributed by atoms with van der Waals surface area (Å²) in [5.41, 5.74) is 2.44. The van der Waals surface area contributed by atoms with Crippen LogP contribution >= 0.6 is 11.6 Å². The second-order valence-corrected chi connectivity index (χ2v) is 7.74. The Kier molecular flexibility index (Phi) is 5.18. The van der Waals surface area contributed by atoms with Crippen LogP contribution in [0.5, 0.6) is 0 Å². The highest BCUT2D eigenvalue weighted by Crippen LogP contribution is 2.33. The molecule has 144 valence electrons. The van der Waals surface area contributed by atoms with Crippen LogP contribution in [0.15, 0.2) is 48.5 Å². The molecule has 1 saturated heterocycles. The summed E-state index contributed by atoms with van der Waals surface area (Å²) in [6.07, 6.45) is 0.881. The molecule has 0 spiro atoms. The highest BCUT2D eigenvalue weighted by Gasteiger charge is 2.35. The Bertz CT molecular complexity index is 926. The van der Waals surface area contributed by atoms with E-state index in [0.717, 1.165) is 11.1 Å². The predicted octanol–water partition coefficient (Wildman–Crippen LogP) is 3.27. The molecule has 2 aromatic carbocycles. The van der Waals surface area contributed by atoms with Crippen molar-refractivity contribution < 1.29 is 14.4 Å². The molecule has 0 N–H and O–H groups in total. The standard InChI is InChI=1S/C22H21ClN2O3/c23-16-7-5-15(6-8-16)13-24-11-12-25(14-21(24)27)22(28)19-9-10-20(26)18-4-2-1-3-17(18)19/h1-8,19H,9-14H2. The quantitative estimate of drug-likeness (QED) is 0.800. The zero-order chi connectivity index (χ0) is 19.7. The smallest absolute Gasteiger partial charge is 0.242 e. The van der Waals surface area contributed by atoms with E-state index in [9.17, 15) is 14.4 Å². The normalized spacial score (nSPS) is 19.5. The lowest BCUT2D eigenvalue weighted by atomic mass is 9.81. The summed E-state index contributed by atoms with van der Waals surface area (Å²) in [7, 11) is 0. The van der Waals surface area contributed by atoms with Gasteiger partial charge < -0.3 is 9.80 Å². The van der Waals surface area contributed by atoms with Gasteiger partial charge in [0, 0.05) is 36.6 Å². The molecule has 1 fully saturated rings. The lowest BCUT2D eigenvalue weighted by Crippen LogP contribution is -2.53. The summed E-state index contributed by atoms with van der Waals surface area (Å²) in [6, 6.07) is 14.7. The first-order valence-electron chi connectivity index (χ1n) is 9.46. The van der Waals surface area contributed by atoms with E-state index in [2.05, 4.69) is 0 Å². The molecule has 4 rings (SSSR count). The molecule has 1 unspecified atom stereocenters. The van der Waals surface area contributed by atoms with Crippen molar-refractivity contribution in [1.29, 1.82) is 0 Å². The summed E-state index contributed by atoms with van der Waals surface area (Å²) in [6.45, 7) is 1.60. The molecule has 1 atom stereocenters. The van der Waals surface area contributed by atoms with Gasteiger partial charge in [-0.05, 0) is 29.7 Å². The first kappa shape index (κ1) is 18.7. The Morgan fingerprint density at radius 2 is 1.79 bits per heavy atom. The van der Waals surface area contributed by atoms with Gasteiger partial charge >= 0.3 is 0 Å². The van der Waals surface area contributed by atoms with Gasteiger partial charge in [-0.15, -0.1) is 0 Å². The number of carbonyl (C=O) groups excluding carboxylic acids is 3. The van der Waals surface area contributed by atoms with Crippen LogP contribution in [0.1, 0.15) is 40.2 Å². The number of hydrogen-bond donors (Lipinski definition) is 0. The van der Waals surface area contributed by atoms with Crippen molar-refractivity contribution in [3.63, 3.8) is 0 Å². The number of amides is 2.